The smallest absolute Gasteiger partial charge is 0.274 e. The molecule has 2 aliphatic rings. The van der Waals surface area contributed by atoms with Crippen LogP contribution in [0.1, 0.15) is 33.4 Å². The van der Waals surface area contributed by atoms with E-state index in [1.807, 2.05) is 0 Å². The van der Waals surface area contributed by atoms with Crippen molar-refractivity contribution >= 4 is 54.8 Å². The molecule has 0 radical (unpaired) electrons. The van der Waals surface area contributed by atoms with Gasteiger partial charge in [0.25, 0.3) is 20.2 Å². The molecule has 6 rings (SSSR count). The number of hydrogen-bond acceptors (Lipinski definition) is 10. The number of nitrogens with one attached hydrogen (secondary N) is 2. The Kier molecular flexibility index (Phi) is 8.29. The molecule has 48 heavy (non-hydrogen) atoms. The van der Waals surface area contributed by atoms with E-state index in [0.717, 1.165) is 12.2 Å². The SMILES string of the molecule is N=NC1=CC(S(=O)(=O)O)C(N)(c2ccc(-c3ccc(C4(N)c5ccccc5C(N=N)=CC4S(=O)(=O)O)c(Cl)c3)cc2Cl)c2ccccc21. The van der Waals surface area contributed by atoms with Crippen LogP contribution >= 0.6 is 23.2 Å². The van der Waals surface area contributed by atoms with Gasteiger partial charge in [-0.3, -0.25) is 9.11 Å². The number of halogens is 2. The maximum atomic E-state index is 12.7. The standard InChI is InChI=1S/C32H26Cl2N6O6S2/c33-25-13-17(9-11-23(25)31(35)21-7-3-1-5-19(21)27(39-37)15-29(31)47(41,42)43)18-10-12-24(26(34)14-18)32(36)22-8-4-2-6-20(22)28(40-38)16-30(32)48(44,45)46/h1-16,29-30,37-38H,35-36H2,(H,41,42,43)(H,44,45,46). The summed E-state index contributed by atoms with van der Waals surface area (Å²) in [6, 6.07) is 22.4. The Morgan fingerprint density at radius 2 is 0.958 bits per heavy atom. The molecule has 0 saturated carbocycles. The Morgan fingerprint density at radius 1 is 0.604 bits per heavy atom. The van der Waals surface area contributed by atoms with Crippen LogP contribution in [0.4, 0.5) is 0 Å². The van der Waals surface area contributed by atoms with E-state index in [0.29, 0.717) is 22.3 Å². The van der Waals surface area contributed by atoms with E-state index in [9.17, 15) is 25.9 Å². The Labute approximate surface area is 285 Å². The zero-order valence-corrected chi connectivity index (χ0v) is 27.7. The molecule has 12 nitrogen and oxygen atoms in total. The lowest BCUT2D eigenvalue weighted by Crippen LogP contribution is -2.53. The zero-order valence-electron chi connectivity index (χ0n) is 24.5. The van der Waals surface area contributed by atoms with Crippen LogP contribution in [0.2, 0.25) is 10.0 Å². The summed E-state index contributed by atoms with van der Waals surface area (Å²) < 4.78 is 71.1. The molecule has 0 aromatic heterocycles. The van der Waals surface area contributed by atoms with Gasteiger partial charge in [0.15, 0.2) is 0 Å². The summed E-state index contributed by atoms with van der Waals surface area (Å²) in [6.45, 7) is 0. The van der Waals surface area contributed by atoms with Crippen molar-refractivity contribution in [2.24, 2.45) is 21.7 Å². The molecule has 246 valence electrons. The molecule has 0 saturated heterocycles. The summed E-state index contributed by atoms with van der Waals surface area (Å²) >= 11 is 13.6. The quantitative estimate of drug-likeness (QED) is 0.0926. The van der Waals surface area contributed by atoms with E-state index in [-0.39, 0.29) is 43.7 Å². The van der Waals surface area contributed by atoms with Gasteiger partial charge in [-0.1, -0.05) is 96.0 Å². The topological polar surface area (TPSA) is 233 Å². The molecule has 0 aliphatic heterocycles. The maximum Gasteiger partial charge on any atom is 0.274 e. The maximum absolute atomic E-state index is 12.7. The minimum absolute atomic E-state index is 0.0204. The third-order valence-corrected chi connectivity index (χ3v) is 11.8. The fourth-order valence-corrected chi connectivity index (χ4v) is 9.39. The van der Waals surface area contributed by atoms with Gasteiger partial charge in [-0.2, -0.15) is 27.1 Å². The summed E-state index contributed by atoms with van der Waals surface area (Å²) in [5.41, 5.74) is 27.9. The predicted octanol–water partition coefficient (Wildman–Crippen LogP) is 6.35. The predicted molar refractivity (Wildman–Crippen MR) is 182 cm³/mol. The molecule has 0 heterocycles. The second-order valence-corrected chi connectivity index (χ2v) is 15.3. The van der Waals surface area contributed by atoms with E-state index in [4.69, 9.17) is 45.7 Å². The summed E-state index contributed by atoms with van der Waals surface area (Å²) in [7, 11) is -9.66. The lowest BCUT2D eigenvalue weighted by atomic mass is 9.74. The first-order valence-corrected chi connectivity index (χ1v) is 17.8. The number of nitrogens with zero attached hydrogens (tertiary/aromatic N) is 2. The number of hydrogen-bond donors (Lipinski definition) is 6. The van der Waals surface area contributed by atoms with Crippen molar-refractivity contribution in [1.82, 2.24) is 0 Å². The number of nitrogens with two attached hydrogens (primary N) is 2. The van der Waals surface area contributed by atoms with Gasteiger partial charge < -0.3 is 11.5 Å². The number of benzene rings is 4. The van der Waals surface area contributed by atoms with E-state index in [1.54, 1.807) is 60.7 Å². The van der Waals surface area contributed by atoms with Crippen LogP contribution < -0.4 is 11.5 Å². The lowest BCUT2D eigenvalue weighted by molar-refractivity contribution is 0.436. The highest BCUT2D eigenvalue weighted by molar-refractivity contribution is 7.87. The Balaban J connectivity index is 1.47. The summed E-state index contributed by atoms with van der Waals surface area (Å²) in [6.07, 6.45) is 2.24. The lowest BCUT2D eigenvalue weighted by Gasteiger charge is -2.40. The van der Waals surface area contributed by atoms with Gasteiger partial charge in [-0.15, -0.1) is 0 Å². The average Bonchev–Trinajstić information content (AvgIpc) is 3.04. The van der Waals surface area contributed by atoms with Crippen LogP contribution in [0.3, 0.4) is 0 Å². The van der Waals surface area contributed by atoms with Gasteiger partial charge in [0, 0.05) is 21.2 Å². The minimum atomic E-state index is -4.83. The van der Waals surface area contributed by atoms with Crippen LogP contribution in [-0.2, 0) is 31.3 Å². The highest BCUT2D eigenvalue weighted by atomic mass is 35.5. The van der Waals surface area contributed by atoms with E-state index < -0.39 is 41.8 Å². The van der Waals surface area contributed by atoms with Crippen molar-refractivity contribution in [3.8, 4) is 11.1 Å². The Morgan fingerprint density at radius 3 is 1.27 bits per heavy atom. The molecule has 0 fully saturated rings. The van der Waals surface area contributed by atoms with Crippen molar-refractivity contribution in [2.45, 2.75) is 21.6 Å². The van der Waals surface area contributed by atoms with Gasteiger partial charge in [0.1, 0.15) is 10.5 Å². The fourth-order valence-electron chi connectivity index (χ4n) is 6.66. The minimum Gasteiger partial charge on any atom is -0.316 e. The first-order valence-electron chi connectivity index (χ1n) is 14.1. The van der Waals surface area contributed by atoms with E-state index in [1.165, 1.54) is 24.3 Å². The van der Waals surface area contributed by atoms with E-state index in [2.05, 4.69) is 10.2 Å². The Bertz CT molecular complexity index is 2170. The third-order valence-electron chi connectivity index (χ3n) is 8.86. The molecule has 4 unspecified atom stereocenters. The molecule has 0 spiro atoms. The van der Waals surface area contributed by atoms with Crippen LogP contribution in [0.15, 0.2) is 107 Å². The zero-order chi connectivity index (χ0) is 34.8. The molecule has 4 aromatic rings. The molecule has 4 atom stereocenters. The second-order valence-electron chi connectivity index (χ2n) is 11.4. The van der Waals surface area contributed by atoms with Gasteiger partial charge in [0.2, 0.25) is 0 Å². The Hall–Kier alpha value is -4.12. The highest BCUT2D eigenvalue weighted by Crippen LogP contribution is 2.48. The number of fused-ring (bicyclic) bond motifs is 2. The fraction of sp³-hybridized carbons (Fsp3) is 0.125. The first kappa shape index (κ1) is 33.8. The molecular formula is C32H26Cl2N6O6S2. The highest BCUT2D eigenvalue weighted by Gasteiger charge is 2.51. The summed E-state index contributed by atoms with van der Waals surface area (Å²) in [4.78, 5) is 0. The van der Waals surface area contributed by atoms with Crippen molar-refractivity contribution < 1.29 is 25.9 Å². The molecule has 16 heteroatoms. The molecule has 0 amide bonds. The van der Waals surface area contributed by atoms with Crippen molar-refractivity contribution in [3.05, 3.63) is 141 Å². The first-order chi connectivity index (χ1) is 22.6. The summed E-state index contributed by atoms with van der Waals surface area (Å²) in [5.74, 6) is 0. The monoisotopic (exact) mass is 724 g/mol. The largest absolute Gasteiger partial charge is 0.316 e. The molecular weight excluding hydrogens is 699 g/mol. The van der Waals surface area contributed by atoms with Crippen LogP contribution in [0, 0.1) is 11.1 Å². The third kappa shape index (κ3) is 5.21. The average molecular weight is 726 g/mol. The summed E-state index contributed by atoms with van der Waals surface area (Å²) in [5, 5.41) is 3.54. The van der Waals surface area contributed by atoms with Gasteiger partial charge in [-0.05, 0) is 57.7 Å². The molecule has 2 aliphatic carbocycles. The molecule has 0 bridgehead atoms. The van der Waals surface area contributed by atoms with Gasteiger partial charge >= 0.3 is 0 Å². The second kappa shape index (κ2) is 11.8. The number of rotatable bonds is 7. The van der Waals surface area contributed by atoms with Crippen LogP contribution in [0.5, 0.6) is 0 Å². The van der Waals surface area contributed by atoms with Crippen molar-refractivity contribution in [1.29, 1.82) is 11.1 Å². The van der Waals surface area contributed by atoms with Gasteiger partial charge in [0.05, 0.1) is 22.5 Å². The van der Waals surface area contributed by atoms with Crippen molar-refractivity contribution in [3.63, 3.8) is 0 Å². The van der Waals surface area contributed by atoms with E-state index >= 15 is 0 Å². The van der Waals surface area contributed by atoms with Crippen molar-refractivity contribution in [2.75, 3.05) is 0 Å². The molecule has 4 aromatic carbocycles. The molecule has 8 N–H and O–H groups in total. The van der Waals surface area contributed by atoms with Crippen LogP contribution in [0.25, 0.3) is 22.5 Å². The van der Waals surface area contributed by atoms with Gasteiger partial charge in [-0.25, -0.2) is 11.1 Å². The van der Waals surface area contributed by atoms with Crippen LogP contribution in [-0.4, -0.2) is 36.4 Å². The normalized spacial score (nSPS) is 23.7.